The van der Waals surface area contributed by atoms with Gasteiger partial charge in [0.05, 0.1) is 5.56 Å². The lowest BCUT2D eigenvalue weighted by Gasteiger charge is -2.28. The third-order valence-corrected chi connectivity index (χ3v) is 9.70. The van der Waals surface area contributed by atoms with Crippen LogP contribution in [0, 0.1) is 11.1 Å². The Balaban J connectivity index is 1.40. The number of hydrogen-bond donors (Lipinski definition) is 2. The zero-order valence-corrected chi connectivity index (χ0v) is 21.9. The van der Waals surface area contributed by atoms with Crippen molar-refractivity contribution in [1.82, 2.24) is 14.9 Å². The molecule has 0 radical (unpaired) electrons. The number of pyridine rings is 1. The van der Waals surface area contributed by atoms with Crippen LogP contribution < -0.4 is 15.4 Å². The minimum Gasteiger partial charge on any atom is -0.618 e. The van der Waals surface area contributed by atoms with Crippen LogP contribution in [0.25, 0.3) is 0 Å². The van der Waals surface area contributed by atoms with Crippen molar-refractivity contribution in [3.8, 4) is 0 Å². The third kappa shape index (κ3) is 6.63. The molecule has 196 valence electrons. The van der Waals surface area contributed by atoms with E-state index in [1.165, 1.54) is 46.5 Å². The van der Waals surface area contributed by atoms with E-state index in [1.54, 1.807) is 11.4 Å². The van der Waals surface area contributed by atoms with Gasteiger partial charge in [-0.25, -0.2) is 8.42 Å². The van der Waals surface area contributed by atoms with Gasteiger partial charge in [-0.2, -0.15) is 20.4 Å². The van der Waals surface area contributed by atoms with Crippen LogP contribution in [-0.4, -0.2) is 49.7 Å². The Bertz CT molecular complexity index is 1130. The molecule has 1 aliphatic carbocycles. The number of amides is 2. The molecule has 2 aromatic heterocycles. The van der Waals surface area contributed by atoms with Crippen molar-refractivity contribution in [1.29, 1.82) is 0 Å². The molecule has 2 aliphatic rings. The van der Waals surface area contributed by atoms with Crippen molar-refractivity contribution in [2.45, 2.75) is 74.9 Å². The van der Waals surface area contributed by atoms with E-state index in [4.69, 9.17) is 0 Å². The second-order valence-corrected chi connectivity index (χ2v) is 12.3. The van der Waals surface area contributed by atoms with Gasteiger partial charge in [0.2, 0.25) is 5.91 Å². The van der Waals surface area contributed by atoms with E-state index in [2.05, 4.69) is 10.6 Å². The number of nitrogens with one attached hydrogen (secondary N) is 2. The van der Waals surface area contributed by atoms with E-state index in [0.29, 0.717) is 41.9 Å². The van der Waals surface area contributed by atoms with Crippen molar-refractivity contribution in [3.05, 3.63) is 52.0 Å². The highest BCUT2D eigenvalue weighted by Crippen LogP contribution is 2.28. The fourth-order valence-electron chi connectivity index (χ4n) is 5.12. The topological polar surface area (TPSA) is 123 Å². The van der Waals surface area contributed by atoms with Gasteiger partial charge in [-0.3, -0.25) is 9.59 Å². The zero-order chi connectivity index (χ0) is 25.5. The maximum atomic E-state index is 13.3. The Morgan fingerprint density at radius 1 is 1.08 bits per heavy atom. The summed E-state index contributed by atoms with van der Waals surface area (Å²) in [6.45, 7) is 0.487. The molecule has 9 nitrogen and oxygen atoms in total. The molecule has 0 bridgehead atoms. The monoisotopic (exact) mass is 534 g/mol. The number of nitrogens with zero attached hydrogens (tertiary/aromatic N) is 2. The Kier molecular flexibility index (Phi) is 8.97. The highest BCUT2D eigenvalue weighted by Gasteiger charge is 2.34. The Morgan fingerprint density at radius 3 is 2.61 bits per heavy atom. The summed E-state index contributed by atoms with van der Waals surface area (Å²) in [6.07, 6.45) is 9.03. The van der Waals surface area contributed by atoms with E-state index in [0.717, 1.165) is 25.7 Å². The quantitative estimate of drug-likeness (QED) is 0.398. The summed E-state index contributed by atoms with van der Waals surface area (Å²) in [5, 5.41) is 21.4. The molecular weight excluding hydrogens is 500 g/mol. The third-order valence-electron chi connectivity index (χ3n) is 7.13. The number of rotatable bonds is 8. The first-order chi connectivity index (χ1) is 17.3. The number of hydrogen-bond acceptors (Lipinski definition) is 6. The molecule has 1 unspecified atom stereocenters. The van der Waals surface area contributed by atoms with Crippen molar-refractivity contribution in [2.75, 3.05) is 13.1 Å². The number of carbonyl (C=O) groups excluding carboxylic acids is 2. The Labute approximate surface area is 216 Å². The van der Waals surface area contributed by atoms with Crippen LogP contribution in [0.15, 0.2) is 46.2 Å². The van der Waals surface area contributed by atoms with Gasteiger partial charge in [-0.15, -0.1) is 0 Å². The molecule has 2 fully saturated rings. The van der Waals surface area contributed by atoms with Gasteiger partial charge in [0.25, 0.3) is 5.91 Å². The molecule has 0 spiro atoms. The second-order valence-electron chi connectivity index (χ2n) is 9.68. The van der Waals surface area contributed by atoms with Crippen LogP contribution in [-0.2, 0) is 14.8 Å². The second kappa shape index (κ2) is 12.2. The predicted octanol–water partition coefficient (Wildman–Crippen LogP) is 2.81. The average Bonchev–Trinajstić information content (AvgIpc) is 3.31. The zero-order valence-electron chi connectivity index (χ0n) is 20.3. The van der Waals surface area contributed by atoms with Gasteiger partial charge in [0.1, 0.15) is 6.04 Å². The molecule has 1 saturated carbocycles. The highest BCUT2D eigenvalue weighted by atomic mass is 32.2. The van der Waals surface area contributed by atoms with Gasteiger partial charge >= 0.3 is 15.0 Å². The lowest BCUT2D eigenvalue weighted by atomic mass is 9.84. The first-order valence-electron chi connectivity index (χ1n) is 12.7. The van der Waals surface area contributed by atoms with Gasteiger partial charge in [-0.05, 0) is 49.1 Å². The largest absolute Gasteiger partial charge is 0.618 e. The SMILES string of the molecule is O=C(N[C@@H](CC1CCCCC1)C(=O)NC1CCCN(S(=O)(=O)c2cccc[n+]2[O-])CC1)c1ccsc1. The molecule has 3 heterocycles. The predicted molar refractivity (Wildman–Crippen MR) is 137 cm³/mol. The molecule has 2 atom stereocenters. The van der Waals surface area contributed by atoms with Crippen molar-refractivity contribution >= 4 is 33.2 Å². The minimum absolute atomic E-state index is 0.205. The summed E-state index contributed by atoms with van der Waals surface area (Å²) in [4.78, 5) is 26.1. The van der Waals surface area contributed by atoms with Crippen LogP contribution >= 0.6 is 11.3 Å². The van der Waals surface area contributed by atoms with Crippen LogP contribution in [0.4, 0.5) is 0 Å². The van der Waals surface area contributed by atoms with Crippen LogP contribution in [0.5, 0.6) is 0 Å². The van der Waals surface area contributed by atoms with Crippen LogP contribution in [0.1, 0.15) is 68.1 Å². The standard InChI is InChI=1S/C25H34N4O5S2/c30-24(20-12-16-35-18-20)27-22(17-19-7-2-1-3-8-19)25(31)26-21-9-6-13-28(15-11-21)36(33,34)23-10-4-5-14-29(23)32/h4-5,10,12,14,16,18-19,21-22H,1-3,6-9,11,13,15,17H2,(H,26,31)(H,27,30)/t21?,22-/m0/s1. The lowest BCUT2D eigenvalue weighted by Crippen LogP contribution is -2.50. The molecule has 2 aromatic rings. The van der Waals surface area contributed by atoms with E-state index in [9.17, 15) is 23.2 Å². The number of thiophene rings is 1. The normalized spacial score (nSPS) is 20.8. The minimum atomic E-state index is -3.93. The van der Waals surface area contributed by atoms with E-state index < -0.39 is 16.1 Å². The van der Waals surface area contributed by atoms with Gasteiger partial charge in [-0.1, -0.05) is 32.1 Å². The maximum absolute atomic E-state index is 13.3. The van der Waals surface area contributed by atoms with E-state index >= 15 is 0 Å². The van der Waals surface area contributed by atoms with Crippen molar-refractivity contribution < 1.29 is 22.7 Å². The number of aromatic nitrogens is 1. The van der Waals surface area contributed by atoms with E-state index in [-0.39, 0.29) is 36.0 Å². The number of carbonyl (C=O) groups is 2. The molecule has 2 N–H and O–H groups in total. The molecule has 36 heavy (non-hydrogen) atoms. The van der Waals surface area contributed by atoms with Gasteiger partial charge < -0.3 is 15.8 Å². The van der Waals surface area contributed by atoms with Crippen LogP contribution in [0.3, 0.4) is 0 Å². The fraction of sp³-hybridized carbons (Fsp3) is 0.560. The molecule has 2 amide bonds. The van der Waals surface area contributed by atoms with Gasteiger partial charge in [0.15, 0.2) is 6.20 Å². The summed E-state index contributed by atoms with van der Waals surface area (Å²) in [5.74, 6) is -0.0678. The van der Waals surface area contributed by atoms with Crippen molar-refractivity contribution in [3.63, 3.8) is 0 Å². The highest BCUT2D eigenvalue weighted by molar-refractivity contribution is 7.88. The molecule has 0 aromatic carbocycles. The fourth-order valence-corrected chi connectivity index (χ4v) is 7.28. The molecular formula is C25H34N4O5S2. The summed E-state index contributed by atoms with van der Waals surface area (Å²) < 4.78 is 27.7. The van der Waals surface area contributed by atoms with E-state index in [1.807, 2.05) is 5.38 Å². The Morgan fingerprint density at radius 2 is 1.89 bits per heavy atom. The van der Waals surface area contributed by atoms with Crippen molar-refractivity contribution in [2.24, 2.45) is 5.92 Å². The molecule has 4 rings (SSSR count). The van der Waals surface area contributed by atoms with Crippen LogP contribution in [0.2, 0.25) is 0 Å². The summed E-state index contributed by atoms with van der Waals surface area (Å²) in [7, 11) is -3.93. The summed E-state index contributed by atoms with van der Waals surface area (Å²) >= 11 is 1.44. The smallest absolute Gasteiger partial charge is 0.323 e. The average molecular weight is 535 g/mol. The first kappa shape index (κ1) is 26.6. The maximum Gasteiger partial charge on any atom is 0.323 e. The molecule has 1 aliphatic heterocycles. The Hall–Kier alpha value is -2.50. The molecule has 1 saturated heterocycles. The summed E-state index contributed by atoms with van der Waals surface area (Å²) in [6, 6.07) is 5.22. The lowest BCUT2D eigenvalue weighted by molar-refractivity contribution is -0.646. The molecule has 11 heteroatoms. The summed E-state index contributed by atoms with van der Waals surface area (Å²) in [5.41, 5.74) is 0.549. The first-order valence-corrected chi connectivity index (χ1v) is 15.0. The number of sulfonamides is 1. The van der Waals surface area contributed by atoms with Gasteiger partial charge in [0, 0.05) is 36.6 Å².